The fraction of sp³-hybridized carbons (Fsp3) is 0.529. The number of hydrogen-bond donors (Lipinski definition) is 2. The molecule has 4 heteroatoms. The van der Waals surface area contributed by atoms with E-state index in [4.69, 9.17) is 5.21 Å². The molecule has 0 saturated carbocycles. The average Bonchev–Trinajstić information content (AvgIpc) is 2.43. The molecule has 4 nitrogen and oxygen atoms in total. The molecule has 1 aromatic carbocycles. The second-order valence-electron chi connectivity index (χ2n) is 7.07. The quantitative estimate of drug-likeness (QED) is 0.664. The van der Waals surface area contributed by atoms with Gasteiger partial charge in [-0.05, 0) is 47.9 Å². The van der Waals surface area contributed by atoms with Crippen LogP contribution in [0.2, 0.25) is 0 Å². The highest BCUT2D eigenvalue weighted by atomic mass is 16.5. The lowest BCUT2D eigenvalue weighted by Gasteiger charge is -2.27. The van der Waals surface area contributed by atoms with E-state index >= 15 is 0 Å². The number of fused-ring (bicyclic) bond motifs is 1. The van der Waals surface area contributed by atoms with Crippen molar-refractivity contribution in [2.75, 3.05) is 0 Å². The third-order valence-corrected chi connectivity index (χ3v) is 3.96. The summed E-state index contributed by atoms with van der Waals surface area (Å²) in [5, 5.41) is 8.67. The van der Waals surface area contributed by atoms with Crippen molar-refractivity contribution in [1.82, 2.24) is 5.48 Å². The van der Waals surface area contributed by atoms with Crippen molar-refractivity contribution in [3.05, 3.63) is 34.9 Å². The second-order valence-corrected chi connectivity index (χ2v) is 7.07. The number of rotatable bonds is 3. The van der Waals surface area contributed by atoms with Crippen LogP contribution in [0.4, 0.5) is 0 Å². The molecule has 21 heavy (non-hydrogen) atoms. The number of carbonyl (C=O) groups excluding carboxylic acids is 2. The van der Waals surface area contributed by atoms with Crippen LogP contribution in [0.3, 0.4) is 0 Å². The van der Waals surface area contributed by atoms with E-state index in [1.807, 2.05) is 12.1 Å². The van der Waals surface area contributed by atoms with Gasteiger partial charge in [0.25, 0.3) is 5.91 Å². The van der Waals surface area contributed by atoms with E-state index in [9.17, 15) is 9.59 Å². The van der Waals surface area contributed by atoms with Crippen LogP contribution in [0.15, 0.2) is 18.2 Å². The van der Waals surface area contributed by atoms with E-state index < -0.39 is 5.91 Å². The van der Waals surface area contributed by atoms with Crippen molar-refractivity contribution < 1.29 is 14.8 Å². The van der Waals surface area contributed by atoms with Gasteiger partial charge in [-0.3, -0.25) is 14.8 Å². The van der Waals surface area contributed by atoms with Gasteiger partial charge in [0.2, 0.25) is 0 Å². The summed E-state index contributed by atoms with van der Waals surface area (Å²) in [5.74, 6) is -0.0664. The molecule has 2 N–H and O–H groups in total. The first-order valence-electron chi connectivity index (χ1n) is 7.39. The molecule has 0 fully saturated rings. The van der Waals surface area contributed by atoms with Gasteiger partial charge in [-0.25, -0.2) is 5.48 Å². The average molecular weight is 289 g/mol. The van der Waals surface area contributed by atoms with Gasteiger partial charge < -0.3 is 0 Å². The van der Waals surface area contributed by atoms with E-state index in [0.29, 0.717) is 17.8 Å². The minimum Gasteiger partial charge on any atom is -0.299 e. The van der Waals surface area contributed by atoms with Crippen LogP contribution in [0.5, 0.6) is 0 Å². The molecule has 2 rings (SSSR count). The van der Waals surface area contributed by atoms with Gasteiger partial charge in [0.05, 0.1) is 0 Å². The molecule has 1 aliphatic carbocycles. The van der Waals surface area contributed by atoms with Crippen molar-refractivity contribution in [2.24, 2.45) is 11.3 Å². The summed E-state index contributed by atoms with van der Waals surface area (Å²) in [4.78, 5) is 23.8. The van der Waals surface area contributed by atoms with Gasteiger partial charge in [0.1, 0.15) is 5.78 Å². The highest BCUT2D eigenvalue weighted by Gasteiger charge is 2.27. The summed E-state index contributed by atoms with van der Waals surface area (Å²) in [7, 11) is 0. The first-order valence-corrected chi connectivity index (χ1v) is 7.39. The van der Waals surface area contributed by atoms with Crippen LogP contribution in [-0.4, -0.2) is 16.9 Å². The fourth-order valence-corrected chi connectivity index (χ4v) is 2.90. The standard InChI is InChI=1S/C17H23NO3/c1-17(2,3)10-15(19)13-6-4-12-9-14(16(20)18-21)7-5-11(12)8-13/h5,7,9,13,21H,4,6,8,10H2,1-3H3,(H,18,20). The number of aryl methyl sites for hydroxylation is 1. The fourth-order valence-electron chi connectivity index (χ4n) is 2.90. The Labute approximate surface area is 125 Å². The summed E-state index contributed by atoms with van der Waals surface area (Å²) < 4.78 is 0. The minimum absolute atomic E-state index is 0.0282. The van der Waals surface area contributed by atoms with E-state index in [2.05, 4.69) is 20.8 Å². The maximum atomic E-state index is 12.3. The third kappa shape index (κ3) is 3.91. The van der Waals surface area contributed by atoms with Crippen molar-refractivity contribution in [3.8, 4) is 0 Å². The topological polar surface area (TPSA) is 66.4 Å². The molecule has 1 amide bonds. The smallest absolute Gasteiger partial charge is 0.274 e. The summed E-state index contributed by atoms with van der Waals surface area (Å²) in [6, 6.07) is 5.41. The molecule has 1 aromatic rings. The highest BCUT2D eigenvalue weighted by molar-refractivity contribution is 5.93. The number of nitrogens with one attached hydrogen (secondary N) is 1. The van der Waals surface area contributed by atoms with Crippen molar-refractivity contribution in [1.29, 1.82) is 0 Å². The monoisotopic (exact) mass is 289 g/mol. The molecule has 1 atom stereocenters. The molecule has 0 aliphatic heterocycles. The maximum Gasteiger partial charge on any atom is 0.274 e. The molecule has 0 heterocycles. The Hall–Kier alpha value is -1.68. The first kappa shape index (κ1) is 15.7. The van der Waals surface area contributed by atoms with Crippen LogP contribution in [0.25, 0.3) is 0 Å². The van der Waals surface area contributed by atoms with Crippen molar-refractivity contribution in [3.63, 3.8) is 0 Å². The normalized spacial score (nSPS) is 18.0. The maximum absolute atomic E-state index is 12.3. The Morgan fingerprint density at radius 1 is 1.29 bits per heavy atom. The first-order chi connectivity index (χ1) is 9.80. The van der Waals surface area contributed by atoms with Crippen molar-refractivity contribution in [2.45, 2.75) is 46.5 Å². The van der Waals surface area contributed by atoms with Gasteiger partial charge in [0, 0.05) is 17.9 Å². The summed E-state index contributed by atoms with van der Waals surface area (Å²) in [6.45, 7) is 6.25. The molecule has 0 radical (unpaired) electrons. The summed E-state index contributed by atoms with van der Waals surface area (Å²) in [5.41, 5.74) is 4.38. The number of carbonyl (C=O) groups is 2. The Kier molecular flexibility index (Phi) is 4.47. The highest BCUT2D eigenvalue weighted by Crippen LogP contribution is 2.30. The minimum atomic E-state index is -0.497. The lowest BCUT2D eigenvalue weighted by Crippen LogP contribution is -2.26. The van der Waals surface area contributed by atoms with Gasteiger partial charge in [-0.2, -0.15) is 0 Å². The molecule has 0 spiro atoms. The second kappa shape index (κ2) is 5.98. The predicted octanol–water partition coefficient (Wildman–Crippen LogP) is 2.92. The number of hydrogen-bond acceptors (Lipinski definition) is 3. The number of amides is 1. The van der Waals surface area contributed by atoms with E-state index in [-0.39, 0.29) is 11.3 Å². The number of benzene rings is 1. The Bertz CT molecular complexity index is 558. The van der Waals surface area contributed by atoms with Gasteiger partial charge in [-0.1, -0.05) is 26.8 Å². The van der Waals surface area contributed by atoms with E-state index in [1.54, 1.807) is 11.5 Å². The summed E-state index contributed by atoms with van der Waals surface area (Å²) in [6.07, 6.45) is 3.01. The third-order valence-electron chi connectivity index (χ3n) is 3.96. The Morgan fingerprint density at radius 3 is 2.62 bits per heavy atom. The Morgan fingerprint density at radius 2 is 2.00 bits per heavy atom. The predicted molar refractivity (Wildman–Crippen MR) is 80.3 cm³/mol. The zero-order valence-corrected chi connectivity index (χ0v) is 12.9. The van der Waals surface area contributed by atoms with Crippen LogP contribution < -0.4 is 5.48 Å². The zero-order chi connectivity index (χ0) is 15.6. The largest absolute Gasteiger partial charge is 0.299 e. The van der Waals surface area contributed by atoms with E-state index in [1.165, 1.54) is 0 Å². The van der Waals surface area contributed by atoms with Crippen LogP contribution in [-0.2, 0) is 17.6 Å². The van der Waals surface area contributed by atoms with Gasteiger partial charge >= 0.3 is 0 Å². The van der Waals surface area contributed by atoms with Crippen molar-refractivity contribution >= 4 is 11.7 Å². The van der Waals surface area contributed by atoms with Gasteiger partial charge in [-0.15, -0.1) is 0 Å². The van der Waals surface area contributed by atoms with Gasteiger partial charge in [0.15, 0.2) is 0 Å². The molecular weight excluding hydrogens is 266 g/mol. The molecule has 114 valence electrons. The van der Waals surface area contributed by atoms with E-state index in [0.717, 1.165) is 30.4 Å². The molecule has 1 unspecified atom stereocenters. The van der Waals surface area contributed by atoms with Crippen LogP contribution in [0, 0.1) is 11.3 Å². The Balaban J connectivity index is 2.11. The molecule has 0 aromatic heterocycles. The zero-order valence-electron chi connectivity index (χ0n) is 12.9. The van der Waals surface area contributed by atoms with Crippen LogP contribution in [0.1, 0.15) is 55.1 Å². The molecule has 0 saturated heterocycles. The number of ketones is 1. The van der Waals surface area contributed by atoms with Crippen LogP contribution >= 0.6 is 0 Å². The molecular formula is C17H23NO3. The number of hydroxylamine groups is 1. The lowest BCUT2D eigenvalue weighted by molar-refractivity contribution is -0.124. The molecule has 0 bridgehead atoms. The summed E-state index contributed by atoms with van der Waals surface area (Å²) >= 11 is 0. The number of Topliss-reactive ketones (excluding diaryl/α,β-unsaturated/α-hetero) is 1. The SMILES string of the molecule is CC(C)(C)CC(=O)C1CCc2cc(C(=O)NO)ccc2C1. The molecule has 1 aliphatic rings. The lowest BCUT2D eigenvalue weighted by atomic mass is 9.77.